The molecule has 3 heterocycles. The number of anilines is 3. The molecule has 35 heavy (non-hydrogen) atoms. The Bertz CT molecular complexity index is 1400. The van der Waals surface area contributed by atoms with Crippen molar-refractivity contribution in [1.82, 2.24) is 19.3 Å². The lowest BCUT2D eigenvalue weighted by atomic mass is 10.1. The maximum atomic E-state index is 13.2. The maximum absolute atomic E-state index is 13.2. The van der Waals surface area contributed by atoms with E-state index in [0.717, 1.165) is 22.5 Å². The lowest BCUT2D eigenvalue weighted by Gasteiger charge is -2.34. The van der Waals surface area contributed by atoms with Crippen LogP contribution in [0.1, 0.15) is 5.56 Å². The average molecular weight is 487 g/mol. The zero-order valence-corrected chi connectivity index (χ0v) is 20.2. The minimum absolute atomic E-state index is 0.310. The van der Waals surface area contributed by atoms with Gasteiger partial charge in [0, 0.05) is 38.4 Å². The van der Waals surface area contributed by atoms with E-state index >= 15 is 0 Å². The van der Waals surface area contributed by atoms with Crippen LogP contribution in [0.2, 0.25) is 0 Å². The van der Waals surface area contributed by atoms with E-state index in [1.165, 1.54) is 10.6 Å². The predicted molar refractivity (Wildman–Crippen MR) is 137 cm³/mol. The van der Waals surface area contributed by atoms with Crippen molar-refractivity contribution in [3.8, 4) is 11.1 Å². The maximum Gasteiger partial charge on any atom is 0.243 e. The van der Waals surface area contributed by atoms with Crippen LogP contribution in [0.3, 0.4) is 0 Å². The van der Waals surface area contributed by atoms with Crippen LogP contribution in [0.5, 0.6) is 0 Å². The number of benzene rings is 2. The normalized spacial score (nSPS) is 14.6. The molecule has 5 rings (SSSR count). The highest BCUT2D eigenvalue weighted by Crippen LogP contribution is 2.25. The standard InChI is InChI=1S/C26H26N6O2S/c1-20-11-12-27-24(17-20)30-25-18-26(29-19-28-25)31-13-15-32(16-14-31)35(33,34)23-9-7-22(8-10-23)21-5-3-2-4-6-21/h2-12,17-19H,13-16H2,1H3,(H,27,28,29,30). The SMILES string of the molecule is Cc1ccnc(Nc2cc(N3CCN(S(=O)(=O)c4ccc(-c5ccccc5)cc4)CC3)ncn2)c1. The molecule has 1 aliphatic rings. The molecular formula is C26H26N6O2S. The van der Waals surface area contributed by atoms with Crippen molar-refractivity contribution in [2.24, 2.45) is 0 Å². The fourth-order valence-corrected chi connectivity index (χ4v) is 5.50. The van der Waals surface area contributed by atoms with Crippen molar-refractivity contribution in [3.05, 3.63) is 90.9 Å². The summed E-state index contributed by atoms with van der Waals surface area (Å²) in [5.74, 6) is 2.10. The van der Waals surface area contributed by atoms with Crippen LogP contribution in [0, 0.1) is 6.92 Å². The summed E-state index contributed by atoms with van der Waals surface area (Å²) in [7, 11) is -3.57. The van der Waals surface area contributed by atoms with Crippen molar-refractivity contribution < 1.29 is 8.42 Å². The van der Waals surface area contributed by atoms with Gasteiger partial charge in [-0.05, 0) is 47.9 Å². The average Bonchev–Trinajstić information content (AvgIpc) is 2.89. The second-order valence-electron chi connectivity index (χ2n) is 8.39. The first-order valence-corrected chi connectivity index (χ1v) is 12.9. The van der Waals surface area contributed by atoms with Gasteiger partial charge in [0.1, 0.15) is 23.8 Å². The van der Waals surface area contributed by atoms with Gasteiger partial charge in [-0.1, -0.05) is 42.5 Å². The topological polar surface area (TPSA) is 91.3 Å². The summed E-state index contributed by atoms with van der Waals surface area (Å²) in [6.45, 7) is 3.86. The number of sulfonamides is 1. The smallest absolute Gasteiger partial charge is 0.243 e. The first-order valence-electron chi connectivity index (χ1n) is 11.4. The van der Waals surface area contributed by atoms with E-state index in [-0.39, 0.29) is 0 Å². The van der Waals surface area contributed by atoms with E-state index in [9.17, 15) is 8.42 Å². The van der Waals surface area contributed by atoms with Crippen LogP contribution in [0.4, 0.5) is 17.5 Å². The molecule has 1 fully saturated rings. The third-order valence-corrected chi connectivity index (χ3v) is 7.90. The van der Waals surface area contributed by atoms with Gasteiger partial charge >= 0.3 is 0 Å². The molecule has 0 atom stereocenters. The van der Waals surface area contributed by atoms with Crippen molar-refractivity contribution in [2.75, 3.05) is 36.4 Å². The van der Waals surface area contributed by atoms with Gasteiger partial charge in [-0.15, -0.1) is 0 Å². The van der Waals surface area contributed by atoms with Crippen LogP contribution >= 0.6 is 0 Å². The van der Waals surface area contributed by atoms with Crippen molar-refractivity contribution >= 4 is 27.5 Å². The lowest BCUT2D eigenvalue weighted by molar-refractivity contribution is 0.384. The third-order valence-electron chi connectivity index (χ3n) is 5.99. The second-order valence-corrected chi connectivity index (χ2v) is 10.3. The molecule has 0 amide bonds. The van der Waals surface area contributed by atoms with Gasteiger partial charge < -0.3 is 10.2 Å². The van der Waals surface area contributed by atoms with Gasteiger partial charge in [0.05, 0.1) is 4.90 Å². The molecule has 1 N–H and O–H groups in total. The summed E-state index contributed by atoms with van der Waals surface area (Å²) in [5.41, 5.74) is 3.15. The summed E-state index contributed by atoms with van der Waals surface area (Å²) in [6.07, 6.45) is 3.25. The second kappa shape index (κ2) is 9.81. The first kappa shape index (κ1) is 22.9. The predicted octanol–water partition coefficient (Wildman–Crippen LogP) is 4.10. The van der Waals surface area contributed by atoms with Gasteiger partial charge in [0.15, 0.2) is 0 Å². The number of aromatic nitrogens is 3. The Hall–Kier alpha value is -3.82. The van der Waals surface area contributed by atoms with Crippen LogP contribution in [-0.4, -0.2) is 53.9 Å². The van der Waals surface area contributed by atoms with Crippen molar-refractivity contribution in [2.45, 2.75) is 11.8 Å². The molecular weight excluding hydrogens is 460 g/mol. The van der Waals surface area contributed by atoms with Gasteiger partial charge in [-0.2, -0.15) is 4.31 Å². The summed E-state index contributed by atoms with van der Waals surface area (Å²) in [5, 5.41) is 3.20. The molecule has 0 unspecified atom stereocenters. The fraction of sp³-hybridized carbons (Fsp3) is 0.192. The zero-order valence-electron chi connectivity index (χ0n) is 19.4. The molecule has 4 aromatic rings. The molecule has 178 valence electrons. The van der Waals surface area contributed by atoms with Crippen LogP contribution in [0.15, 0.2) is 90.2 Å². The van der Waals surface area contributed by atoms with E-state index in [2.05, 4.69) is 25.2 Å². The Morgan fingerprint density at radius 2 is 1.46 bits per heavy atom. The Kier molecular flexibility index (Phi) is 6.43. The number of piperazine rings is 1. The largest absolute Gasteiger partial charge is 0.354 e. The number of hydrogen-bond donors (Lipinski definition) is 1. The number of aryl methyl sites for hydroxylation is 1. The molecule has 8 nitrogen and oxygen atoms in total. The Labute approximate surface area is 205 Å². The number of nitrogens with one attached hydrogen (secondary N) is 1. The molecule has 0 radical (unpaired) electrons. The molecule has 0 saturated carbocycles. The Morgan fingerprint density at radius 1 is 0.771 bits per heavy atom. The van der Waals surface area contributed by atoms with E-state index < -0.39 is 10.0 Å². The van der Waals surface area contributed by atoms with E-state index in [4.69, 9.17) is 0 Å². The zero-order chi connectivity index (χ0) is 24.3. The number of hydrogen-bond acceptors (Lipinski definition) is 7. The fourth-order valence-electron chi connectivity index (χ4n) is 4.08. The highest BCUT2D eigenvalue weighted by Gasteiger charge is 2.29. The summed E-state index contributed by atoms with van der Waals surface area (Å²) in [6, 6.07) is 22.7. The van der Waals surface area contributed by atoms with Gasteiger partial charge in [0.25, 0.3) is 0 Å². The van der Waals surface area contributed by atoms with Gasteiger partial charge in [-0.25, -0.2) is 23.4 Å². The molecule has 0 bridgehead atoms. The highest BCUT2D eigenvalue weighted by molar-refractivity contribution is 7.89. The quantitative estimate of drug-likeness (QED) is 0.439. The van der Waals surface area contributed by atoms with Gasteiger partial charge in [0.2, 0.25) is 10.0 Å². The molecule has 2 aromatic heterocycles. The molecule has 0 spiro atoms. The van der Waals surface area contributed by atoms with Crippen LogP contribution < -0.4 is 10.2 Å². The molecule has 9 heteroatoms. The molecule has 0 aliphatic carbocycles. The molecule has 1 saturated heterocycles. The van der Waals surface area contributed by atoms with E-state index in [0.29, 0.717) is 42.7 Å². The summed E-state index contributed by atoms with van der Waals surface area (Å²) >= 11 is 0. The van der Waals surface area contributed by atoms with Gasteiger partial charge in [-0.3, -0.25) is 0 Å². The first-order chi connectivity index (χ1) is 17.0. The van der Waals surface area contributed by atoms with E-state index in [1.807, 2.05) is 67.6 Å². The van der Waals surface area contributed by atoms with Crippen LogP contribution in [0.25, 0.3) is 11.1 Å². The third kappa shape index (κ3) is 5.16. The molecule has 2 aromatic carbocycles. The number of pyridine rings is 1. The minimum Gasteiger partial charge on any atom is -0.354 e. The summed E-state index contributed by atoms with van der Waals surface area (Å²) in [4.78, 5) is 15.4. The van der Waals surface area contributed by atoms with Crippen molar-refractivity contribution in [3.63, 3.8) is 0 Å². The highest BCUT2D eigenvalue weighted by atomic mass is 32.2. The van der Waals surface area contributed by atoms with Crippen molar-refractivity contribution in [1.29, 1.82) is 0 Å². The lowest BCUT2D eigenvalue weighted by Crippen LogP contribution is -2.48. The number of nitrogens with zero attached hydrogens (tertiary/aromatic N) is 5. The number of rotatable bonds is 6. The Balaban J connectivity index is 1.24. The van der Waals surface area contributed by atoms with E-state index in [1.54, 1.807) is 18.3 Å². The molecule has 1 aliphatic heterocycles. The monoisotopic (exact) mass is 486 g/mol. The van der Waals surface area contributed by atoms with Crippen LogP contribution in [-0.2, 0) is 10.0 Å². The summed E-state index contributed by atoms with van der Waals surface area (Å²) < 4.78 is 28.0. The minimum atomic E-state index is -3.57. The Morgan fingerprint density at radius 3 is 2.17 bits per heavy atom.